The molecule has 0 aromatic carbocycles. The molecular formula is C17H14N6O2S. The molecule has 4 heterocycles. The number of ether oxygens (including phenoxy) is 1. The van der Waals surface area contributed by atoms with Crippen molar-refractivity contribution in [3.8, 4) is 16.3 Å². The monoisotopic (exact) mass is 366 g/mol. The molecule has 0 atom stereocenters. The smallest absolute Gasteiger partial charge is 0.295 e. The van der Waals surface area contributed by atoms with E-state index in [0.29, 0.717) is 15.9 Å². The number of pyridine rings is 2. The highest BCUT2D eigenvalue weighted by Crippen LogP contribution is 2.28. The Morgan fingerprint density at radius 3 is 2.92 bits per heavy atom. The van der Waals surface area contributed by atoms with Crippen molar-refractivity contribution in [3.63, 3.8) is 0 Å². The van der Waals surface area contributed by atoms with Gasteiger partial charge in [0.05, 0.1) is 12.7 Å². The number of carbonyl (C=O) groups is 1. The van der Waals surface area contributed by atoms with Gasteiger partial charge in [-0.25, -0.2) is 4.98 Å². The summed E-state index contributed by atoms with van der Waals surface area (Å²) < 4.78 is 4.99. The molecule has 0 radical (unpaired) electrons. The third kappa shape index (κ3) is 3.00. The first kappa shape index (κ1) is 16.2. The zero-order valence-electron chi connectivity index (χ0n) is 14.0. The normalized spacial score (nSPS) is 10.8. The molecule has 0 spiro atoms. The Bertz CT molecular complexity index is 1100. The molecule has 0 unspecified atom stereocenters. The van der Waals surface area contributed by atoms with Crippen LogP contribution in [0.25, 0.3) is 22.2 Å². The summed E-state index contributed by atoms with van der Waals surface area (Å²) in [6.45, 7) is 1.88. The second-order valence-electron chi connectivity index (χ2n) is 5.54. The maximum Gasteiger partial charge on any atom is 0.295 e. The van der Waals surface area contributed by atoms with Gasteiger partial charge in [0.15, 0.2) is 0 Å². The zero-order valence-corrected chi connectivity index (χ0v) is 14.8. The number of H-pyrrole nitrogens is 1. The second-order valence-corrected chi connectivity index (χ2v) is 6.48. The first-order chi connectivity index (χ1) is 12.6. The Kier molecular flexibility index (Phi) is 4.05. The van der Waals surface area contributed by atoms with E-state index in [4.69, 9.17) is 4.74 Å². The van der Waals surface area contributed by atoms with Gasteiger partial charge in [0, 0.05) is 35.2 Å². The SMILES string of the molecule is COc1nnc(NC(=O)c2cnc(C)cc2-c2cnc3[nH]ccc3c2)s1. The van der Waals surface area contributed by atoms with Crippen molar-refractivity contribution in [1.29, 1.82) is 0 Å². The number of rotatable bonds is 4. The molecular weight excluding hydrogens is 352 g/mol. The minimum Gasteiger partial charge on any atom is -0.472 e. The van der Waals surface area contributed by atoms with Crippen LogP contribution in [0, 0.1) is 6.92 Å². The minimum absolute atomic E-state index is 0.319. The average Bonchev–Trinajstić information content (AvgIpc) is 3.29. The topological polar surface area (TPSA) is 106 Å². The number of hydrogen-bond donors (Lipinski definition) is 2. The van der Waals surface area contributed by atoms with Crippen LogP contribution in [-0.2, 0) is 0 Å². The van der Waals surface area contributed by atoms with Crippen LogP contribution in [-0.4, -0.2) is 38.2 Å². The van der Waals surface area contributed by atoms with Gasteiger partial charge in [0.1, 0.15) is 5.65 Å². The van der Waals surface area contributed by atoms with Crippen molar-refractivity contribution in [2.75, 3.05) is 12.4 Å². The van der Waals surface area contributed by atoms with Gasteiger partial charge < -0.3 is 9.72 Å². The number of aromatic nitrogens is 5. The third-order valence-corrected chi connectivity index (χ3v) is 4.60. The molecule has 8 nitrogen and oxygen atoms in total. The molecule has 0 aliphatic heterocycles. The molecule has 4 aromatic heterocycles. The van der Waals surface area contributed by atoms with Gasteiger partial charge in [0.25, 0.3) is 11.1 Å². The first-order valence-electron chi connectivity index (χ1n) is 7.73. The molecule has 4 aromatic rings. The number of fused-ring (bicyclic) bond motifs is 1. The summed E-state index contributed by atoms with van der Waals surface area (Å²) in [6.07, 6.45) is 5.12. The molecule has 4 rings (SSSR count). The fourth-order valence-corrected chi connectivity index (χ4v) is 3.13. The summed E-state index contributed by atoms with van der Waals surface area (Å²) in [6, 6.07) is 5.79. The fourth-order valence-electron chi connectivity index (χ4n) is 2.57. The lowest BCUT2D eigenvalue weighted by atomic mass is 10.0. The van der Waals surface area contributed by atoms with E-state index in [1.807, 2.05) is 31.3 Å². The van der Waals surface area contributed by atoms with Crippen molar-refractivity contribution >= 4 is 33.4 Å². The number of hydrogen-bond acceptors (Lipinski definition) is 7. The number of amides is 1. The van der Waals surface area contributed by atoms with Gasteiger partial charge in [-0.3, -0.25) is 15.1 Å². The summed E-state index contributed by atoms with van der Waals surface area (Å²) in [7, 11) is 1.50. The van der Waals surface area contributed by atoms with Gasteiger partial charge in [-0.2, -0.15) is 0 Å². The van der Waals surface area contributed by atoms with Crippen LogP contribution in [0.3, 0.4) is 0 Å². The highest BCUT2D eigenvalue weighted by molar-refractivity contribution is 7.17. The number of methoxy groups -OCH3 is 1. The molecule has 9 heteroatoms. The Morgan fingerprint density at radius 2 is 2.12 bits per heavy atom. The summed E-state index contributed by atoms with van der Waals surface area (Å²) in [5, 5.41) is 12.1. The van der Waals surface area contributed by atoms with Gasteiger partial charge in [-0.15, -0.1) is 5.10 Å². The van der Waals surface area contributed by atoms with Crippen molar-refractivity contribution < 1.29 is 9.53 Å². The number of aromatic amines is 1. The van der Waals surface area contributed by atoms with Crippen LogP contribution in [0.5, 0.6) is 5.19 Å². The van der Waals surface area contributed by atoms with Gasteiger partial charge in [-0.05, 0) is 42.0 Å². The van der Waals surface area contributed by atoms with Gasteiger partial charge in [0.2, 0.25) is 5.13 Å². The van der Waals surface area contributed by atoms with E-state index in [-0.39, 0.29) is 5.91 Å². The molecule has 0 bridgehead atoms. The van der Waals surface area contributed by atoms with Crippen molar-refractivity contribution in [3.05, 3.63) is 48.0 Å². The van der Waals surface area contributed by atoms with Crippen LogP contribution in [0.1, 0.15) is 16.1 Å². The second kappa shape index (κ2) is 6.52. The maximum absolute atomic E-state index is 12.8. The van der Waals surface area contributed by atoms with E-state index in [1.165, 1.54) is 7.11 Å². The lowest BCUT2D eigenvalue weighted by Crippen LogP contribution is -2.14. The van der Waals surface area contributed by atoms with Crippen LogP contribution in [0.4, 0.5) is 5.13 Å². The van der Waals surface area contributed by atoms with E-state index in [0.717, 1.165) is 39.2 Å². The standard InChI is InChI=1S/C17H14N6O2S/c1-9-5-12(11-6-10-3-4-18-14(10)20-7-11)13(8-19-9)15(24)21-16-22-23-17(25-2)26-16/h3-8H,1-2H3,(H,18,20)(H,21,22,24). The van der Waals surface area contributed by atoms with Crippen molar-refractivity contribution in [2.24, 2.45) is 0 Å². The number of nitrogens with one attached hydrogen (secondary N) is 2. The van der Waals surface area contributed by atoms with Gasteiger partial charge in [-0.1, -0.05) is 5.10 Å². The molecule has 0 saturated heterocycles. The van der Waals surface area contributed by atoms with Crippen LogP contribution in [0.15, 0.2) is 36.8 Å². The Balaban J connectivity index is 1.72. The van der Waals surface area contributed by atoms with E-state index in [2.05, 4.69) is 30.5 Å². The molecule has 0 fully saturated rings. The lowest BCUT2D eigenvalue weighted by molar-refractivity contribution is 0.102. The Morgan fingerprint density at radius 1 is 1.23 bits per heavy atom. The van der Waals surface area contributed by atoms with E-state index in [1.54, 1.807) is 12.4 Å². The average molecular weight is 366 g/mol. The molecule has 0 saturated carbocycles. The predicted molar refractivity (Wildman–Crippen MR) is 98.5 cm³/mol. The largest absolute Gasteiger partial charge is 0.472 e. The minimum atomic E-state index is -0.319. The van der Waals surface area contributed by atoms with E-state index < -0.39 is 0 Å². The Hall–Kier alpha value is -3.33. The predicted octanol–water partition coefficient (Wildman–Crippen LogP) is 3.05. The molecule has 1 amide bonds. The van der Waals surface area contributed by atoms with Crippen LogP contribution in [0.2, 0.25) is 0 Å². The quantitative estimate of drug-likeness (QED) is 0.575. The lowest BCUT2D eigenvalue weighted by Gasteiger charge is -2.09. The molecule has 0 aliphatic carbocycles. The number of aryl methyl sites for hydroxylation is 1. The number of nitrogens with zero attached hydrogens (tertiary/aromatic N) is 4. The molecule has 0 aliphatic rings. The molecule has 26 heavy (non-hydrogen) atoms. The highest BCUT2D eigenvalue weighted by Gasteiger charge is 2.17. The summed E-state index contributed by atoms with van der Waals surface area (Å²) in [5.41, 5.74) is 3.63. The molecule has 130 valence electrons. The van der Waals surface area contributed by atoms with Crippen LogP contribution >= 0.6 is 11.3 Å². The third-order valence-electron chi connectivity index (χ3n) is 3.80. The maximum atomic E-state index is 12.8. The van der Waals surface area contributed by atoms with E-state index >= 15 is 0 Å². The molecule has 2 N–H and O–H groups in total. The number of carbonyl (C=O) groups excluding carboxylic acids is 1. The summed E-state index contributed by atoms with van der Waals surface area (Å²) in [4.78, 5) is 24.5. The highest BCUT2D eigenvalue weighted by atomic mass is 32.1. The Labute approximate surface area is 152 Å². The first-order valence-corrected chi connectivity index (χ1v) is 8.54. The number of anilines is 1. The van der Waals surface area contributed by atoms with Crippen LogP contribution < -0.4 is 10.1 Å². The fraction of sp³-hybridized carbons (Fsp3) is 0.118. The summed E-state index contributed by atoms with van der Waals surface area (Å²) in [5.74, 6) is -0.319. The summed E-state index contributed by atoms with van der Waals surface area (Å²) >= 11 is 1.15. The zero-order chi connectivity index (χ0) is 18.1. The van der Waals surface area contributed by atoms with E-state index in [9.17, 15) is 4.79 Å². The van der Waals surface area contributed by atoms with Crippen molar-refractivity contribution in [2.45, 2.75) is 6.92 Å². The van der Waals surface area contributed by atoms with Gasteiger partial charge >= 0.3 is 0 Å². The van der Waals surface area contributed by atoms with Crippen molar-refractivity contribution in [1.82, 2.24) is 25.1 Å².